The number of sulfone groups is 1. The molecule has 2 rings (SSSR count). The summed E-state index contributed by atoms with van der Waals surface area (Å²) in [6.07, 6.45) is 0.487. The van der Waals surface area contributed by atoms with E-state index in [1.165, 1.54) is 18.2 Å². The molecule has 1 aromatic rings. The first-order valence-corrected chi connectivity index (χ1v) is 9.43. The second-order valence-corrected chi connectivity index (χ2v) is 8.62. The third-order valence-electron chi connectivity index (χ3n) is 3.23. The predicted octanol–water partition coefficient (Wildman–Crippen LogP) is -0.459. The maximum Gasteiger partial charge on any atom is 0.238 e. The Kier molecular flexibility index (Phi) is 3.94. The Morgan fingerprint density at radius 1 is 1.15 bits per heavy atom. The van der Waals surface area contributed by atoms with E-state index < -0.39 is 19.9 Å². The summed E-state index contributed by atoms with van der Waals surface area (Å²) in [5, 5.41) is 5.10. The fourth-order valence-electron chi connectivity index (χ4n) is 2.15. The van der Waals surface area contributed by atoms with Crippen LogP contribution in [0.15, 0.2) is 23.1 Å². The number of nitrogen functional groups attached to an aromatic ring is 1. The van der Waals surface area contributed by atoms with Crippen LogP contribution >= 0.6 is 0 Å². The lowest BCUT2D eigenvalue weighted by Gasteiger charge is -2.24. The Morgan fingerprint density at radius 3 is 2.50 bits per heavy atom. The Bertz CT molecular complexity index is 713. The molecule has 112 valence electrons. The van der Waals surface area contributed by atoms with Crippen LogP contribution in [0.5, 0.6) is 0 Å². The monoisotopic (exact) mass is 319 g/mol. The molecule has 20 heavy (non-hydrogen) atoms. The van der Waals surface area contributed by atoms with Crippen LogP contribution in [0.1, 0.15) is 6.42 Å². The zero-order valence-electron chi connectivity index (χ0n) is 10.8. The summed E-state index contributed by atoms with van der Waals surface area (Å²) >= 11 is 0. The molecular formula is C11H17N3O4S2. The van der Waals surface area contributed by atoms with Gasteiger partial charge in [0.25, 0.3) is 0 Å². The van der Waals surface area contributed by atoms with Gasteiger partial charge in [-0.05, 0) is 24.6 Å². The van der Waals surface area contributed by atoms with E-state index in [2.05, 4.69) is 0 Å². The summed E-state index contributed by atoms with van der Waals surface area (Å²) in [5.41, 5.74) is 6.76. The van der Waals surface area contributed by atoms with Gasteiger partial charge in [-0.25, -0.2) is 22.0 Å². The molecule has 9 heteroatoms. The van der Waals surface area contributed by atoms with E-state index in [0.717, 1.165) is 0 Å². The van der Waals surface area contributed by atoms with Crippen molar-refractivity contribution in [2.24, 2.45) is 5.14 Å². The van der Waals surface area contributed by atoms with Crippen LogP contribution in [0.3, 0.4) is 0 Å². The van der Waals surface area contributed by atoms with Crippen molar-refractivity contribution in [2.45, 2.75) is 11.3 Å². The number of nitrogens with two attached hydrogens (primary N) is 2. The van der Waals surface area contributed by atoms with Crippen LogP contribution in [0, 0.1) is 0 Å². The highest BCUT2D eigenvalue weighted by Crippen LogP contribution is 2.27. The van der Waals surface area contributed by atoms with Crippen LogP contribution < -0.4 is 15.8 Å². The first-order valence-electron chi connectivity index (χ1n) is 6.07. The SMILES string of the molecule is Nc1ccc(S(N)(=O)=O)cc1N1CCCS(=O)(=O)CC1. The van der Waals surface area contributed by atoms with Gasteiger partial charge in [0.1, 0.15) is 0 Å². The van der Waals surface area contributed by atoms with E-state index in [4.69, 9.17) is 10.9 Å². The molecule has 7 nitrogen and oxygen atoms in total. The average molecular weight is 319 g/mol. The number of hydrogen-bond acceptors (Lipinski definition) is 6. The van der Waals surface area contributed by atoms with E-state index in [0.29, 0.717) is 30.9 Å². The standard InChI is InChI=1S/C11H17N3O4S2/c12-10-3-2-9(20(13,17)18)8-11(10)14-4-1-6-19(15,16)7-5-14/h2-3,8H,1,4-7,12H2,(H2,13,17,18). The summed E-state index contributed by atoms with van der Waals surface area (Å²) in [6.45, 7) is 0.804. The van der Waals surface area contributed by atoms with E-state index in [9.17, 15) is 16.8 Å². The second kappa shape index (κ2) is 5.23. The van der Waals surface area contributed by atoms with Crippen LogP contribution in [0.2, 0.25) is 0 Å². The van der Waals surface area contributed by atoms with Gasteiger partial charge in [0, 0.05) is 13.1 Å². The highest BCUT2D eigenvalue weighted by atomic mass is 32.2. The largest absolute Gasteiger partial charge is 0.397 e. The van der Waals surface area contributed by atoms with Gasteiger partial charge in [-0.3, -0.25) is 0 Å². The maximum absolute atomic E-state index is 11.6. The number of nitrogens with zero attached hydrogens (tertiary/aromatic N) is 1. The van der Waals surface area contributed by atoms with Crippen molar-refractivity contribution in [3.05, 3.63) is 18.2 Å². The Balaban J connectivity index is 2.37. The molecule has 4 N–H and O–H groups in total. The van der Waals surface area contributed by atoms with Crippen molar-refractivity contribution >= 4 is 31.2 Å². The number of rotatable bonds is 2. The number of primary sulfonamides is 1. The third-order valence-corrected chi connectivity index (χ3v) is 5.85. The lowest BCUT2D eigenvalue weighted by Crippen LogP contribution is -2.28. The fourth-order valence-corrected chi connectivity index (χ4v) is 3.96. The van der Waals surface area contributed by atoms with Gasteiger partial charge in [0.05, 0.1) is 27.8 Å². The van der Waals surface area contributed by atoms with Gasteiger partial charge in [-0.1, -0.05) is 0 Å². The zero-order valence-corrected chi connectivity index (χ0v) is 12.5. The molecule has 0 aromatic heterocycles. The van der Waals surface area contributed by atoms with Gasteiger partial charge in [-0.2, -0.15) is 0 Å². The van der Waals surface area contributed by atoms with Crippen molar-refractivity contribution in [2.75, 3.05) is 35.2 Å². The van der Waals surface area contributed by atoms with Gasteiger partial charge in [0.2, 0.25) is 10.0 Å². The summed E-state index contributed by atoms with van der Waals surface area (Å²) < 4.78 is 45.9. The smallest absolute Gasteiger partial charge is 0.238 e. The molecule has 1 heterocycles. The van der Waals surface area contributed by atoms with Crippen LogP contribution in [0.25, 0.3) is 0 Å². The average Bonchev–Trinajstić information content (AvgIpc) is 2.49. The van der Waals surface area contributed by atoms with Crippen molar-refractivity contribution in [1.29, 1.82) is 0 Å². The summed E-state index contributed by atoms with van der Waals surface area (Å²) in [6, 6.07) is 4.19. The fraction of sp³-hybridized carbons (Fsp3) is 0.455. The first kappa shape index (κ1) is 15.1. The van der Waals surface area contributed by atoms with E-state index in [1.54, 1.807) is 4.90 Å². The number of anilines is 2. The second-order valence-electron chi connectivity index (χ2n) is 4.76. The lowest BCUT2D eigenvalue weighted by atomic mass is 10.2. The van der Waals surface area contributed by atoms with Crippen molar-refractivity contribution in [3.63, 3.8) is 0 Å². The molecule has 0 unspecified atom stereocenters. The lowest BCUT2D eigenvalue weighted by molar-refractivity contribution is 0.595. The summed E-state index contributed by atoms with van der Waals surface area (Å²) in [7, 11) is -6.85. The quantitative estimate of drug-likeness (QED) is 0.711. The van der Waals surface area contributed by atoms with Gasteiger partial charge < -0.3 is 10.6 Å². The minimum atomic E-state index is -3.81. The van der Waals surface area contributed by atoms with Gasteiger partial charge in [-0.15, -0.1) is 0 Å². The molecule has 0 radical (unpaired) electrons. The molecule has 0 aliphatic carbocycles. The normalized spacial score (nSPS) is 19.6. The molecule has 0 saturated carbocycles. The molecule has 0 atom stereocenters. The molecule has 0 spiro atoms. The third kappa shape index (κ3) is 3.41. The molecular weight excluding hydrogens is 302 g/mol. The van der Waals surface area contributed by atoms with Crippen LogP contribution in [-0.2, 0) is 19.9 Å². The molecule has 1 saturated heterocycles. The number of hydrogen-bond donors (Lipinski definition) is 2. The minimum absolute atomic E-state index is 0.0335. The first-order chi connectivity index (χ1) is 9.19. The van der Waals surface area contributed by atoms with Gasteiger partial charge >= 0.3 is 0 Å². The highest BCUT2D eigenvalue weighted by molar-refractivity contribution is 7.91. The molecule has 1 aliphatic heterocycles. The molecule has 1 fully saturated rings. The van der Waals surface area contributed by atoms with Gasteiger partial charge in [0.15, 0.2) is 9.84 Å². The maximum atomic E-state index is 11.6. The van der Waals surface area contributed by atoms with Crippen LogP contribution in [0.4, 0.5) is 11.4 Å². The van der Waals surface area contributed by atoms with Crippen molar-refractivity contribution < 1.29 is 16.8 Å². The summed E-state index contributed by atoms with van der Waals surface area (Å²) in [5.74, 6) is 0.171. The summed E-state index contributed by atoms with van der Waals surface area (Å²) in [4.78, 5) is 1.75. The topological polar surface area (TPSA) is 124 Å². The van der Waals surface area contributed by atoms with E-state index in [-0.39, 0.29) is 16.4 Å². The Hall–Kier alpha value is -1.32. The Labute approximate surface area is 118 Å². The van der Waals surface area contributed by atoms with E-state index >= 15 is 0 Å². The zero-order chi connectivity index (χ0) is 15.0. The predicted molar refractivity (Wildman–Crippen MR) is 77.7 cm³/mol. The Morgan fingerprint density at radius 2 is 1.85 bits per heavy atom. The van der Waals surface area contributed by atoms with Crippen molar-refractivity contribution in [1.82, 2.24) is 0 Å². The van der Waals surface area contributed by atoms with Crippen LogP contribution in [-0.4, -0.2) is 41.4 Å². The number of sulfonamides is 1. The molecule has 1 aliphatic rings. The highest BCUT2D eigenvalue weighted by Gasteiger charge is 2.21. The minimum Gasteiger partial charge on any atom is -0.397 e. The molecule has 0 bridgehead atoms. The van der Waals surface area contributed by atoms with Crippen molar-refractivity contribution in [3.8, 4) is 0 Å². The molecule has 1 aromatic carbocycles. The molecule has 0 amide bonds. The number of benzene rings is 1. The van der Waals surface area contributed by atoms with E-state index in [1.807, 2.05) is 0 Å².